The van der Waals surface area contributed by atoms with Gasteiger partial charge < -0.3 is 20.2 Å². The molecule has 2 atom stereocenters. The van der Waals surface area contributed by atoms with Gasteiger partial charge in [-0.1, -0.05) is 0 Å². The number of hydrogen-bond acceptors (Lipinski definition) is 3. The number of carboxylic acid groups (broad SMARTS) is 1. The van der Waals surface area contributed by atoms with Crippen molar-refractivity contribution in [2.75, 3.05) is 27.2 Å². The fourth-order valence-corrected chi connectivity index (χ4v) is 2.10. The minimum absolute atomic E-state index is 0.0477. The van der Waals surface area contributed by atoms with Crippen LogP contribution >= 0.6 is 0 Å². The van der Waals surface area contributed by atoms with E-state index in [1.807, 2.05) is 19.0 Å². The first-order chi connectivity index (χ1) is 9.49. The maximum absolute atomic E-state index is 12.9. The molecule has 0 aromatic rings. The summed E-state index contributed by atoms with van der Waals surface area (Å²) >= 11 is 0. The number of alkyl halides is 3. The molecule has 1 aliphatic rings. The molecule has 0 aliphatic carbocycles. The summed E-state index contributed by atoms with van der Waals surface area (Å²) in [4.78, 5) is 26.0. The average molecular weight is 311 g/mol. The third-order valence-electron chi connectivity index (χ3n) is 3.77. The molecule has 1 rings (SSSR count). The van der Waals surface area contributed by atoms with E-state index in [4.69, 9.17) is 5.11 Å². The van der Waals surface area contributed by atoms with Crippen molar-refractivity contribution in [3.63, 3.8) is 0 Å². The predicted octanol–water partition coefficient (Wildman–Crippen LogP) is 1.13. The Morgan fingerprint density at radius 2 is 1.90 bits per heavy atom. The number of carbonyl (C=O) groups is 2. The molecular formula is C12H20F3N3O3. The highest BCUT2D eigenvalue weighted by atomic mass is 19.4. The zero-order chi connectivity index (χ0) is 16.4. The summed E-state index contributed by atoms with van der Waals surface area (Å²) in [5.74, 6) is -2.13. The molecule has 2 N–H and O–H groups in total. The van der Waals surface area contributed by atoms with Gasteiger partial charge in [0.05, 0.1) is 0 Å². The molecular weight excluding hydrogens is 291 g/mol. The van der Waals surface area contributed by atoms with Gasteiger partial charge in [0.15, 0.2) is 0 Å². The van der Waals surface area contributed by atoms with Crippen LogP contribution in [-0.2, 0) is 4.79 Å². The normalized spacial score (nSPS) is 22.8. The van der Waals surface area contributed by atoms with Crippen LogP contribution in [0.15, 0.2) is 0 Å². The Hall–Kier alpha value is -1.51. The molecule has 2 unspecified atom stereocenters. The molecule has 1 heterocycles. The van der Waals surface area contributed by atoms with Crippen LogP contribution in [0.4, 0.5) is 18.0 Å². The van der Waals surface area contributed by atoms with Gasteiger partial charge in [0.2, 0.25) is 5.54 Å². The Bertz CT molecular complexity index is 414. The molecule has 0 aromatic carbocycles. The smallest absolute Gasteiger partial charge is 0.422 e. The summed E-state index contributed by atoms with van der Waals surface area (Å²) < 4.78 is 38.6. The number of carbonyl (C=O) groups excluding carboxylic acids is 1. The zero-order valence-electron chi connectivity index (χ0n) is 12.2. The van der Waals surface area contributed by atoms with Crippen LogP contribution in [0.3, 0.4) is 0 Å². The summed E-state index contributed by atoms with van der Waals surface area (Å²) in [7, 11) is 3.65. The van der Waals surface area contributed by atoms with Crippen molar-refractivity contribution < 1.29 is 27.9 Å². The second-order valence-corrected chi connectivity index (χ2v) is 5.56. The lowest BCUT2D eigenvalue weighted by Gasteiger charge is -2.38. The molecule has 0 bridgehead atoms. The lowest BCUT2D eigenvalue weighted by atomic mass is 10.0. The molecule has 122 valence electrons. The topological polar surface area (TPSA) is 72.9 Å². The molecule has 1 fully saturated rings. The van der Waals surface area contributed by atoms with Crippen LogP contribution in [0, 0.1) is 0 Å². The molecule has 0 radical (unpaired) electrons. The second-order valence-electron chi connectivity index (χ2n) is 5.56. The third-order valence-corrected chi connectivity index (χ3v) is 3.77. The first-order valence-corrected chi connectivity index (χ1v) is 6.52. The van der Waals surface area contributed by atoms with Crippen molar-refractivity contribution in [1.82, 2.24) is 15.1 Å². The number of likely N-dealkylation sites (tertiary alicyclic amines) is 1. The van der Waals surface area contributed by atoms with Crippen molar-refractivity contribution in [3.8, 4) is 0 Å². The Labute approximate surface area is 120 Å². The maximum atomic E-state index is 12.9. The van der Waals surface area contributed by atoms with Crippen molar-refractivity contribution in [2.24, 2.45) is 0 Å². The highest BCUT2D eigenvalue weighted by Gasteiger charge is 2.59. The predicted molar refractivity (Wildman–Crippen MR) is 68.9 cm³/mol. The number of amides is 2. The van der Waals surface area contributed by atoms with Gasteiger partial charge in [-0.25, -0.2) is 9.59 Å². The quantitative estimate of drug-likeness (QED) is 0.819. The second kappa shape index (κ2) is 6.08. The number of piperidine rings is 1. The number of rotatable bonds is 3. The van der Waals surface area contributed by atoms with Gasteiger partial charge in [0.25, 0.3) is 0 Å². The van der Waals surface area contributed by atoms with Crippen molar-refractivity contribution >= 4 is 12.0 Å². The van der Waals surface area contributed by atoms with Crippen LogP contribution < -0.4 is 5.32 Å². The van der Waals surface area contributed by atoms with E-state index in [9.17, 15) is 22.8 Å². The van der Waals surface area contributed by atoms with Crippen LogP contribution in [0.1, 0.15) is 19.8 Å². The number of carboxylic acids is 1. The Morgan fingerprint density at radius 3 is 2.33 bits per heavy atom. The van der Waals surface area contributed by atoms with E-state index in [0.29, 0.717) is 19.9 Å². The zero-order valence-corrected chi connectivity index (χ0v) is 12.2. The van der Waals surface area contributed by atoms with E-state index in [2.05, 4.69) is 0 Å². The Kier molecular flexibility index (Phi) is 5.08. The summed E-state index contributed by atoms with van der Waals surface area (Å²) in [6.45, 7) is 1.02. The SMILES string of the molecule is CN(C)C1CCCN(C(=O)NC(C)(C(=O)O)C(F)(F)F)C1. The van der Waals surface area contributed by atoms with E-state index in [1.54, 1.807) is 5.32 Å². The molecule has 1 aliphatic heterocycles. The van der Waals surface area contributed by atoms with Gasteiger partial charge in [-0.15, -0.1) is 0 Å². The lowest BCUT2D eigenvalue weighted by molar-refractivity contribution is -0.203. The van der Waals surface area contributed by atoms with E-state index in [-0.39, 0.29) is 12.6 Å². The number of urea groups is 1. The number of aliphatic carboxylic acids is 1. The number of nitrogens with zero attached hydrogens (tertiary/aromatic N) is 2. The fourth-order valence-electron chi connectivity index (χ4n) is 2.10. The third kappa shape index (κ3) is 3.78. The molecule has 21 heavy (non-hydrogen) atoms. The fraction of sp³-hybridized carbons (Fsp3) is 0.833. The summed E-state index contributed by atoms with van der Waals surface area (Å²) in [5, 5.41) is 10.4. The number of likely N-dealkylation sites (N-methyl/N-ethyl adjacent to an activating group) is 1. The average Bonchev–Trinajstić information content (AvgIpc) is 2.37. The van der Waals surface area contributed by atoms with Gasteiger partial charge in [-0.2, -0.15) is 13.2 Å². The summed E-state index contributed by atoms with van der Waals surface area (Å²) in [6.07, 6.45) is -3.58. The number of halogens is 3. The molecule has 0 saturated carbocycles. The molecule has 1 saturated heterocycles. The van der Waals surface area contributed by atoms with Gasteiger partial charge >= 0.3 is 18.2 Å². The highest BCUT2D eigenvalue weighted by molar-refractivity contribution is 5.86. The first kappa shape index (κ1) is 17.5. The molecule has 2 amide bonds. The van der Waals surface area contributed by atoms with Crippen LogP contribution in [0.2, 0.25) is 0 Å². The van der Waals surface area contributed by atoms with Gasteiger partial charge in [0.1, 0.15) is 0 Å². The van der Waals surface area contributed by atoms with Crippen molar-refractivity contribution in [2.45, 2.75) is 37.5 Å². The van der Waals surface area contributed by atoms with E-state index >= 15 is 0 Å². The summed E-state index contributed by atoms with van der Waals surface area (Å²) in [5.41, 5.74) is -3.30. The largest absolute Gasteiger partial charge is 0.479 e. The van der Waals surface area contributed by atoms with Gasteiger partial charge in [-0.05, 0) is 33.9 Å². The Morgan fingerprint density at radius 1 is 1.33 bits per heavy atom. The van der Waals surface area contributed by atoms with Gasteiger partial charge in [-0.3, -0.25) is 0 Å². The summed E-state index contributed by atoms with van der Waals surface area (Å²) in [6, 6.07) is -0.963. The van der Waals surface area contributed by atoms with Crippen LogP contribution in [-0.4, -0.2) is 71.8 Å². The molecule has 6 nitrogen and oxygen atoms in total. The number of hydrogen-bond donors (Lipinski definition) is 2. The highest BCUT2D eigenvalue weighted by Crippen LogP contribution is 2.30. The van der Waals surface area contributed by atoms with Crippen LogP contribution in [0.5, 0.6) is 0 Å². The minimum atomic E-state index is -5.08. The van der Waals surface area contributed by atoms with E-state index in [0.717, 1.165) is 6.42 Å². The van der Waals surface area contributed by atoms with E-state index in [1.165, 1.54) is 4.90 Å². The van der Waals surface area contributed by atoms with Crippen LogP contribution in [0.25, 0.3) is 0 Å². The minimum Gasteiger partial charge on any atom is -0.479 e. The van der Waals surface area contributed by atoms with E-state index < -0.39 is 23.7 Å². The standard InChI is InChI=1S/C12H20F3N3O3/c1-11(9(19)20,12(13,14)15)16-10(21)18-6-4-5-8(7-18)17(2)3/h8H,4-7H2,1-3H3,(H,16,21)(H,19,20). The Balaban J connectivity index is 2.81. The maximum Gasteiger partial charge on any atom is 0.422 e. The van der Waals surface area contributed by atoms with Crippen molar-refractivity contribution in [1.29, 1.82) is 0 Å². The first-order valence-electron chi connectivity index (χ1n) is 6.52. The molecule has 0 aromatic heterocycles. The number of nitrogens with one attached hydrogen (secondary N) is 1. The molecule has 0 spiro atoms. The van der Waals surface area contributed by atoms with Gasteiger partial charge in [0, 0.05) is 19.1 Å². The lowest BCUT2D eigenvalue weighted by Crippen LogP contribution is -2.65. The van der Waals surface area contributed by atoms with Crippen molar-refractivity contribution in [3.05, 3.63) is 0 Å². The molecule has 9 heteroatoms. The monoisotopic (exact) mass is 311 g/mol.